The maximum Gasteiger partial charge on any atom is 0.0347 e. The zero-order chi connectivity index (χ0) is 13.3. The Morgan fingerprint density at radius 3 is 2.29 bits per heavy atom. The lowest BCUT2D eigenvalue weighted by Crippen LogP contribution is -1.86. The van der Waals surface area contributed by atoms with Crippen molar-refractivity contribution < 1.29 is 0 Å². The fourth-order valence-corrected chi connectivity index (χ4v) is 2.54. The van der Waals surface area contributed by atoms with Gasteiger partial charge in [0, 0.05) is 17.4 Å². The van der Waals surface area contributed by atoms with Crippen molar-refractivity contribution in [1.29, 1.82) is 0 Å². The Balaban J connectivity index is 0.000000581. The Kier molecular flexibility index (Phi) is 8.51. The third kappa shape index (κ3) is 4.04. The third-order valence-electron chi connectivity index (χ3n) is 2.32. The van der Waals surface area contributed by atoms with E-state index in [0.29, 0.717) is 0 Å². The molecule has 0 aliphatic carbocycles. The molecule has 1 N–H and O–H groups in total. The molecule has 0 saturated carbocycles. The van der Waals surface area contributed by atoms with Crippen LogP contribution in [0.25, 0.3) is 10.1 Å². The van der Waals surface area contributed by atoms with Crippen LogP contribution in [-0.4, -0.2) is 7.05 Å². The molecule has 0 bridgehead atoms. The van der Waals surface area contributed by atoms with Crippen molar-refractivity contribution in [3.63, 3.8) is 0 Å². The second-order valence-electron chi connectivity index (χ2n) is 3.08. The minimum absolute atomic E-state index is 1.12. The van der Waals surface area contributed by atoms with Gasteiger partial charge in [-0.15, -0.1) is 11.3 Å². The molecule has 0 aliphatic heterocycles. The van der Waals surface area contributed by atoms with Crippen molar-refractivity contribution >= 4 is 27.1 Å². The van der Waals surface area contributed by atoms with Gasteiger partial charge in [0.25, 0.3) is 0 Å². The molecule has 2 rings (SSSR count). The Morgan fingerprint density at radius 1 is 1.12 bits per heavy atom. The van der Waals surface area contributed by atoms with Crippen LogP contribution in [0.5, 0.6) is 0 Å². The molecule has 1 heterocycles. The number of hydrogen-bond acceptors (Lipinski definition) is 2. The predicted octanol–water partition coefficient (Wildman–Crippen LogP) is 5.56. The molecule has 96 valence electrons. The summed E-state index contributed by atoms with van der Waals surface area (Å²) in [5.74, 6) is 0. The minimum atomic E-state index is 1.12. The molecule has 1 aromatic heterocycles. The zero-order valence-corrected chi connectivity index (χ0v) is 12.7. The van der Waals surface area contributed by atoms with Crippen molar-refractivity contribution in [1.82, 2.24) is 0 Å². The largest absolute Gasteiger partial charge is 0.388 e. The van der Waals surface area contributed by atoms with Crippen LogP contribution in [0, 0.1) is 0 Å². The predicted molar refractivity (Wildman–Crippen MR) is 83.4 cm³/mol. The van der Waals surface area contributed by atoms with Gasteiger partial charge in [-0.1, -0.05) is 34.6 Å². The fourth-order valence-electron chi connectivity index (χ4n) is 1.51. The second kappa shape index (κ2) is 9.06. The molecule has 0 radical (unpaired) electrons. The summed E-state index contributed by atoms with van der Waals surface area (Å²) in [5.41, 5.74) is 2.65. The van der Waals surface area contributed by atoms with E-state index in [4.69, 9.17) is 0 Å². The SMILES string of the molecule is CC.CC.CCc1csc2ccc(NC)cc12. The molecule has 0 spiro atoms. The average molecular weight is 251 g/mol. The summed E-state index contributed by atoms with van der Waals surface area (Å²) in [6.45, 7) is 10.2. The van der Waals surface area contributed by atoms with Gasteiger partial charge in [-0.05, 0) is 40.9 Å². The van der Waals surface area contributed by atoms with Gasteiger partial charge < -0.3 is 5.32 Å². The molecule has 0 atom stereocenters. The first-order valence-electron chi connectivity index (χ1n) is 6.53. The van der Waals surface area contributed by atoms with Gasteiger partial charge >= 0.3 is 0 Å². The first kappa shape index (κ1) is 16.0. The number of rotatable bonds is 2. The molecule has 2 heteroatoms. The molecule has 2 aromatic rings. The summed E-state index contributed by atoms with van der Waals surface area (Å²) in [7, 11) is 1.96. The van der Waals surface area contributed by atoms with Gasteiger partial charge in [-0.2, -0.15) is 0 Å². The van der Waals surface area contributed by atoms with E-state index in [9.17, 15) is 0 Å². The Labute approximate surface area is 110 Å². The van der Waals surface area contributed by atoms with Crippen molar-refractivity contribution in [3.05, 3.63) is 29.1 Å². The van der Waals surface area contributed by atoms with Crippen molar-refractivity contribution in [2.75, 3.05) is 12.4 Å². The Morgan fingerprint density at radius 2 is 1.76 bits per heavy atom. The van der Waals surface area contributed by atoms with Crippen LogP contribution in [0.1, 0.15) is 40.2 Å². The van der Waals surface area contributed by atoms with Crippen LogP contribution < -0.4 is 5.32 Å². The average Bonchev–Trinajstić information content (AvgIpc) is 2.85. The molecule has 17 heavy (non-hydrogen) atoms. The quantitative estimate of drug-likeness (QED) is 0.737. The summed E-state index contributed by atoms with van der Waals surface area (Å²) in [6.07, 6.45) is 1.12. The monoisotopic (exact) mass is 251 g/mol. The number of thiophene rings is 1. The topological polar surface area (TPSA) is 12.0 Å². The summed E-state index contributed by atoms with van der Waals surface area (Å²) in [6, 6.07) is 6.54. The smallest absolute Gasteiger partial charge is 0.0347 e. The summed E-state index contributed by atoms with van der Waals surface area (Å²) in [4.78, 5) is 0. The maximum absolute atomic E-state index is 3.16. The number of anilines is 1. The molecule has 0 fully saturated rings. The van der Waals surface area contributed by atoms with Crippen molar-refractivity contribution in [3.8, 4) is 0 Å². The van der Waals surface area contributed by atoms with E-state index in [1.807, 2.05) is 46.1 Å². The highest BCUT2D eigenvalue weighted by molar-refractivity contribution is 7.17. The van der Waals surface area contributed by atoms with Crippen LogP contribution in [0.4, 0.5) is 5.69 Å². The first-order chi connectivity index (χ1) is 8.35. The van der Waals surface area contributed by atoms with E-state index in [-0.39, 0.29) is 0 Å². The van der Waals surface area contributed by atoms with Gasteiger partial charge in [0.2, 0.25) is 0 Å². The van der Waals surface area contributed by atoms with Crippen LogP contribution >= 0.6 is 11.3 Å². The third-order valence-corrected chi connectivity index (χ3v) is 3.34. The summed E-state index contributed by atoms with van der Waals surface area (Å²) < 4.78 is 1.39. The number of hydrogen-bond donors (Lipinski definition) is 1. The van der Waals surface area contributed by atoms with E-state index >= 15 is 0 Å². The van der Waals surface area contributed by atoms with E-state index in [2.05, 4.69) is 35.8 Å². The number of aryl methyl sites for hydroxylation is 1. The molecule has 0 saturated heterocycles. The van der Waals surface area contributed by atoms with E-state index < -0.39 is 0 Å². The normalized spacial score (nSPS) is 8.82. The van der Waals surface area contributed by atoms with Crippen LogP contribution in [0.15, 0.2) is 23.6 Å². The van der Waals surface area contributed by atoms with Crippen LogP contribution in [0.3, 0.4) is 0 Å². The van der Waals surface area contributed by atoms with Gasteiger partial charge in [-0.3, -0.25) is 0 Å². The molecule has 0 unspecified atom stereocenters. The summed E-state index contributed by atoms with van der Waals surface area (Å²) in [5, 5.41) is 6.82. The summed E-state index contributed by atoms with van der Waals surface area (Å²) >= 11 is 1.83. The van der Waals surface area contributed by atoms with E-state index in [1.165, 1.54) is 21.3 Å². The number of nitrogens with one attached hydrogen (secondary N) is 1. The maximum atomic E-state index is 3.16. The number of fused-ring (bicyclic) bond motifs is 1. The molecular formula is C15H25NS. The highest BCUT2D eigenvalue weighted by Gasteiger charge is 2.02. The molecule has 0 amide bonds. The van der Waals surface area contributed by atoms with E-state index in [1.54, 1.807) is 0 Å². The molecule has 1 aromatic carbocycles. The Hall–Kier alpha value is -1.02. The van der Waals surface area contributed by atoms with Gasteiger partial charge in [0.15, 0.2) is 0 Å². The number of benzene rings is 1. The van der Waals surface area contributed by atoms with E-state index in [0.717, 1.165) is 6.42 Å². The van der Waals surface area contributed by atoms with Gasteiger partial charge in [0.1, 0.15) is 0 Å². The fraction of sp³-hybridized carbons (Fsp3) is 0.467. The van der Waals surface area contributed by atoms with Gasteiger partial charge in [-0.25, -0.2) is 0 Å². The molecular weight excluding hydrogens is 226 g/mol. The lowest BCUT2D eigenvalue weighted by Gasteiger charge is -2.00. The molecule has 0 aliphatic rings. The lowest BCUT2D eigenvalue weighted by atomic mass is 10.1. The zero-order valence-electron chi connectivity index (χ0n) is 11.9. The van der Waals surface area contributed by atoms with Crippen LogP contribution in [0.2, 0.25) is 0 Å². The van der Waals surface area contributed by atoms with Crippen molar-refractivity contribution in [2.24, 2.45) is 0 Å². The standard InChI is InChI=1S/C11H13NS.2C2H6/c1-3-8-7-13-11-5-4-9(12-2)6-10(8)11;2*1-2/h4-7,12H,3H2,1-2H3;2*1-2H3. The van der Waals surface area contributed by atoms with Gasteiger partial charge in [0.05, 0.1) is 0 Å². The lowest BCUT2D eigenvalue weighted by molar-refractivity contribution is 1.17. The van der Waals surface area contributed by atoms with Crippen molar-refractivity contribution in [2.45, 2.75) is 41.0 Å². The highest BCUT2D eigenvalue weighted by atomic mass is 32.1. The molecule has 1 nitrogen and oxygen atoms in total. The minimum Gasteiger partial charge on any atom is -0.388 e. The first-order valence-corrected chi connectivity index (χ1v) is 7.41. The van der Waals surface area contributed by atoms with Crippen LogP contribution in [-0.2, 0) is 6.42 Å². The second-order valence-corrected chi connectivity index (χ2v) is 3.99. The highest BCUT2D eigenvalue weighted by Crippen LogP contribution is 2.28. The Bertz CT molecular complexity index is 418.